The molecule has 27 heteroatoms. The maximum Gasteiger partial charge on any atom is 0.407 e. The van der Waals surface area contributed by atoms with E-state index >= 15 is 0 Å². The van der Waals surface area contributed by atoms with Crippen molar-refractivity contribution < 1.29 is 77.3 Å². The number of aromatic nitrogens is 4. The Morgan fingerprint density at radius 3 is 2.11 bits per heavy atom. The number of rotatable bonds is 16. The van der Waals surface area contributed by atoms with E-state index in [2.05, 4.69) is 35.1 Å². The Balaban J connectivity index is 0.843. The van der Waals surface area contributed by atoms with Crippen molar-refractivity contribution in [2.75, 3.05) is 103 Å². The zero-order chi connectivity index (χ0) is 72.2. The van der Waals surface area contributed by atoms with Crippen molar-refractivity contribution in [2.24, 2.45) is 35.3 Å². The second kappa shape index (κ2) is 37.8. The minimum Gasteiger partial charge on any atom is -0.459 e. The molecule has 5 aliphatic heterocycles. The highest BCUT2D eigenvalue weighted by molar-refractivity contribution is 6.39. The lowest BCUT2D eigenvalue weighted by Crippen LogP contribution is -2.61. The summed E-state index contributed by atoms with van der Waals surface area (Å²) in [6.45, 7) is 19.7. The number of ketones is 3. The summed E-state index contributed by atoms with van der Waals surface area (Å²) in [5.74, 6) is -7.96. The SMILES string of the molecule is CO[C@H]1C[C@@H]2CC[C@@H](C)[C@@](O)(O2)C(=O)C(=O)N2CCCC[C@H]2C(=O)O[C@H]([C@H](N)C[C@@H]2CC[C@@H](OC(=O)NCc3cnc(N4CCN(C(=O)CCOCCN5CCN(c6ncc(C)cn6)CC5)CC4)nc3)[C@H](OC)C2)CC(=O)[C@H](C)/C=C(\C)[C@@H](O)[C@@H](O)C(=O)[C@H](C)C[C@H](C)/C=C/C=CC=C1C. The van der Waals surface area contributed by atoms with Crippen molar-refractivity contribution in [3.8, 4) is 0 Å². The van der Waals surface area contributed by atoms with Gasteiger partial charge in [0, 0.05) is 153 Å². The van der Waals surface area contributed by atoms with Crippen LogP contribution in [-0.2, 0) is 63.7 Å². The fourth-order valence-corrected chi connectivity index (χ4v) is 14.2. The Bertz CT molecular complexity index is 3170. The lowest BCUT2D eigenvalue weighted by molar-refractivity contribution is -0.265. The molecular formula is C73H109N11O16. The van der Waals surface area contributed by atoms with Crippen LogP contribution in [0.1, 0.15) is 136 Å². The zero-order valence-corrected chi connectivity index (χ0v) is 60.0. The van der Waals surface area contributed by atoms with E-state index < -0.39 is 120 Å². The molecule has 3 amide bonds. The molecule has 100 heavy (non-hydrogen) atoms. The van der Waals surface area contributed by atoms with Gasteiger partial charge in [0.25, 0.3) is 11.7 Å². The summed E-state index contributed by atoms with van der Waals surface area (Å²) >= 11 is 0. The van der Waals surface area contributed by atoms with Gasteiger partial charge in [0.1, 0.15) is 36.2 Å². The number of ether oxygens (including phenoxy) is 6. The largest absolute Gasteiger partial charge is 0.459 e. The van der Waals surface area contributed by atoms with Crippen molar-refractivity contribution >= 4 is 53.1 Å². The molecule has 4 saturated heterocycles. The molecule has 1 aliphatic carbocycles. The van der Waals surface area contributed by atoms with Crippen molar-refractivity contribution in [3.05, 3.63) is 83.5 Å². The van der Waals surface area contributed by atoms with Crippen molar-refractivity contribution in [1.82, 2.24) is 40.0 Å². The molecule has 27 nitrogen and oxygen atoms in total. The van der Waals surface area contributed by atoms with Crippen LogP contribution >= 0.6 is 0 Å². The number of fused-ring (bicyclic) bond motifs is 3. The number of methoxy groups -OCH3 is 2. The van der Waals surface area contributed by atoms with E-state index in [4.69, 9.17) is 34.2 Å². The molecule has 2 aromatic heterocycles. The standard InChI is InChI=1S/C73H109N11O16/c1-46-15-11-10-12-16-48(3)60(95-8)39-55-20-18-52(7)73(94,100-55)67(90)68(91)84-23-14-13-17-57(84)69(92)98-61(40-58(85)49(4)36-51(6)65(88)66(89)64(87)50(5)35-46)56(74)37-53-19-21-59(62(38-53)96-9)99-72(93)79-45-54-43-77-71(78-44-54)83-30-28-81(29-31-83)63(86)22-33-97-34-32-80-24-26-82(27-25-80)70-75-41-47(2)42-76-70/h10-12,15-16,36,41-44,46,49-50,52-53,55-57,59-62,65-66,88-89,94H,13-14,17-35,37-40,45,74H2,1-9H3,(H,79,93)/b12-10?,15-11+,48-16?,51-36+/t46-,49-,50-,52-,53+,55+,56-,57+,59-,60+,61+,62-,65-,66+,73-/m1/s1. The van der Waals surface area contributed by atoms with Gasteiger partial charge in [-0.2, -0.15) is 0 Å². The average molecular weight is 1400 g/mol. The van der Waals surface area contributed by atoms with Gasteiger partial charge in [0.2, 0.25) is 23.6 Å². The summed E-state index contributed by atoms with van der Waals surface area (Å²) in [7, 11) is 3.07. The maximum absolute atomic E-state index is 14.7. The number of esters is 1. The number of alkyl carbamates (subject to hydrolysis) is 1. The number of hydrogen-bond acceptors (Lipinski definition) is 24. The highest BCUT2D eigenvalue weighted by Crippen LogP contribution is 2.38. The molecule has 7 heterocycles. The van der Waals surface area contributed by atoms with E-state index in [-0.39, 0.29) is 55.7 Å². The lowest BCUT2D eigenvalue weighted by atomic mass is 9.80. The third-order valence-corrected chi connectivity index (χ3v) is 20.7. The highest BCUT2D eigenvalue weighted by Gasteiger charge is 2.53. The van der Waals surface area contributed by atoms with Gasteiger partial charge in [-0.05, 0) is 114 Å². The number of piperidine rings is 1. The first-order valence-electron chi connectivity index (χ1n) is 35.9. The number of Topliss-reactive ketones (excluding diaryl/α,β-unsaturated/α-hetero) is 3. The summed E-state index contributed by atoms with van der Waals surface area (Å²) in [6, 6.07) is -2.25. The van der Waals surface area contributed by atoms with E-state index in [0.717, 1.165) is 54.7 Å². The van der Waals surface area contributed by atoms with Gasteiger partial charge in [-0.25, -0.2) is 29.5 Å². The Morgan fingerprint density at radius 2 is 1.43 bits per heavy atom. The summed E-state index contributed by atoms with van der Waals surface area (Å²) in [5.41, 5.74) is 9.72. The number of aryl methyl sites for hydroxylation is 1. The minimum absolute atomic E-state index is 0.00137. The van der Waals surface area contributed by atoms with Crippen LogP contribution in [0.3, 0.4) is 0 Å². The number of carbonyl (C=O) groups excluding carboxylic acids is 7. The molecular weight excluding hydrogens is 1290 g/mol. The van der Waals surface area contributed by atoms with Gasteiger partial charge in [-0.15, -0.1) is 0 Å². The van der Waals surface area contributed by atoms with E-state index in [1.165, 1.54) is 20.1 Å². The fourth-order valence-electron chi connectivity index (χ4n) is 14.2. The third-order valence-electron chi connectivity index (χ3n) is 20.7. The molecule has 15 atom stereocenters. The first-order chi connectivity index (χ1) is 47.8. The van der Waals surface area contributed by atoms with Crippen molar-refractivity contribution in [2.45, 2.75) is 199 Å². The average Bonchev–Trinajstić information content (AvgIpc) is 0.773. The first kappa shape index (κ1) is 78.8. The molecule has 1 saturated carbocycles. The number of allylic oxidation sites excluding steroid dienone is 6. The zero-order valence-electron chi connectivity index (χ0n) is 60.0. The van der Waals surface area contributed by atoms with Crippen LogP contribution in [0.25, 0.3) is 0 Å². The minimum atomic E-state index is -2.51. The number of aliphatic hydroxyl groups is 3. The molecule has 0 spiro atoms. The summed E-state index contributed by atoms with van der Waals surface area (Å²) < 4.78 is 36.0. The van der Waals surface area contributed by atoms with Gasteiger partial charge in [-0.1, -0.05) is 64.2 Å². The van der Waals surface area contributed by atoms with Crippen LogP contribution in [0.5, 0.6) is 0 Å². The predicted octanol–water partition coefficient (Wildman–Crippen LogP) is 4.92. The van der Waals surface area contributed by atoms with Crippen LogP contribution < -0.4 is 20.9 Å². The van der Waals surface area contributed by atoms with Crippen LogP contribution in [-0.4, -0.2) is 245 Å². The fraction of sp³-hybridized carbons (Fsp3) is 0.685. The van der Waals surface area contributed by atoms with Crippen LogP contribution in [0.2, 0.25) is 0 Å². The van der Waals surface area contributed by atoms with Gasteiger partial charge < -0.3 is 74.4 Å². The van der Waals surface area contributed by atoms with Crippen LogP contribution in [0.15, 0.2) is 72.4 Å². The normalized spacial score (nSPS) is 31.5. The molecule has 2 bridgehead atoms. The number of carbonyl (C=O) groups is 7. The second-order valence-corrected chi connectivity index (χ2v) is 28.3. The second-order valence-electron chi connectivity index (χ2n) is 28.3. The van der Waals surface area contributed by atoms with Gasteiger partial charge in [0.15, 0.2) is 5.78 Å². The lowest BCUT2D eigenvalue weighted by Gasteiger charge is -2.42. The number of piperazine rings is 2. The Hall–Kier alpha value is -6.95. The monoisotopic (exact) mass is 1400 g/mol. The van der Waals surface area contributed by atoms with Gasteiger partial charge in [-0.3, -0.25) is 28.9 Å². The number of amides is 3. The number of anilines is 2. The van der Waals surface area contributed by atoms with E-state index in [9.17, 15) is 48.9 Å². The van der Waals surface area contributed by atoms with Crippen LogP contribution in [0.4, 0.5) is 16.7 Å². The Labute approximate surface area is 588 Å². The number of hydrogen-bond donors (Lipinski definition) is 5. The molecule has 6 aliphatic rings. The molecule has 6 N–H and O–H groups in total. The highest BCUT2D eigenvalue weighted by atomic mass is 16.6. The molecule has 5 fully saturated rings. The molecule has 8 rings (SSSR count). The topological polar surface area (TPSA) is 341 Å². The summed E-state index contributed by atoms with van der Waals surface area (Å²) in [6.07, 6.45) is 14.0. The molecule has 0 unspecified atom stereocenters. The van der Waals surface area contributed by atoms with E-state index in [1.807, 2.05) is 73.3 Å². The maximum atomic E-state index is 14.7. The first-order valence-corrected chi connectivity index (χ1v) is 35.9. The number of nitrogens with zero attached hydrogens (tertiary/aromatic N) is 9. The molecule has 0 aromatic carbocycles. The Kier molecular flexibility index (Phi) is 29.8. The smallest absolute Gasteiger partial charge is 0.407 e. The van der Waals surface area contributed by atoms with Gasteiger partial charge >= 0.3 is 12.1 Å². The van der Waals surface area contributed by atoms with Crippen molar-refractivity contribution in [3.63, 3.8) is 0 Å². The van der Waals surface area contributed by atoms with Gasteiger partial charge in [0.05, 0.1) is 37.9 Å². The van der Waals surface area contributed by atoms with Crippen molar-refractivity contribution in [1.29, 1.82) is 0 Å². The summed E-state index contributed by atoms with van der Waals surface area (Å²) in [4.78, 5) is 125. The van der Waals surface area contributed by atoms with E-state index in [0.29, 0.717) is 109 Å². The quantitative estimate of drug-likeness (QED) is 0.0644. The summed E-state index contributed by atoms with van der Waals surface area (Å²) in [5, 5.41) is 37.4. The number of aliphatic hydroxyl groups excluding tert-OH is 2. The third kappa shape index (κ3) is 21.8. The Morgan fingerprint density at radius 1 is 0.750 bits per heavy atom. The number of nitrogens with two attached hydrogens (primary N) is 1. The predicted molar refractivity (Wildman–Crippen MR) is 372 cm³/mol. The number of cyclic esters (lactones) is 1. The number of nitrogens with one attached hydrogen (secondary N) is 1. The molecule has 0 radical (unpaired) electrons. The van der Waals surface area contributed by atoms with E-state index in [1.54, 1.807) is 40.3 Å². The molecule has 2 aromatic rings. The molecule has 552 valence electrons. The van der Waals surface area contributed by atoms with Crippen LogP contribution in [0, 0.1) is 36.5 Å².